The van der Waals surface area contributed by atoms with Crippen molar-refractivity contribution in [2.24, 2.45) is 0 Å². The molecule has 1 heterocycles. The Morgan fingerprint density at radius 1 is 0.893 bits per heavy atom. The topological polar surface area (TPSA) is 111 Å². The largest absolute Gasteiger partial charge is 0.545 e. The molecule has 0 aliphatic carbocycles. The van der Waals surface area contributed by atoms with Gasteiger partial charge in [-0.05, 0) is 42.0 Å². The molecule has 0 aliphatic rings. The fourth-order valence-electron chi connectivity index (χ4n) is 2.38. The zero-order valence-electron chi connectivity index (χ0n) is 14.5. The average molecular weight is 375 g/mol. The maximum Gasteiger partial charge on any atom is 0.272 e. The van der Waals surface area contributed by atoms with Crippen LogP contribution in [0.25, 0.3) is 6.08 Å². The van der Waals surface area contributed by atoms with Gasteiger partial charge in [-0.15, -0.1) is 0 Å². The second kappa shape index (κ2) is 8.50. The molecule has 2 aromatic carbocycles. The maximum atomic E-state index is 12.7. The molecule has 0 bridgehead atoms. The Bertz CT molecular complexity index is 1020. The molecule has 0 saturated carbocycles. The number of anilines is 1. The first-order valence-electron chi connectivity index (χ1n) is 8.27. The number of aromatic carboxylic acids is 1. The number of hydrogen-bond donors (Lipinski definition) is 2. The molecule has 0 radical (unpaired) electrons. The van der Waals surface area contributed by atoms with Crippen LogP contribution in [-0.2, 0) is 4.79 Å². The van der Waals surface area contributed by atoms with Crippen molar-refractivity contribution in [3.05, 3.63) is 95.6 Å². The third-order valence-corrected chi connectivity index (χ3v) is 3.71. The summed E-state index contributed by atoms with van der Waals surface area (Å²) in [4.78, 5) is 36.1. The lowest BCUT2D eigenvalue weighted by Gasteiger charge is -2.12. The van der Waals surface area contributed by atoms with Crippen LogP contribution in [0, 0.1) is 0 Å². The molecule has 140 valence electrons. The lowest BCUT2D eigenvalue weighted by Crippen LogP contribution is -2.30. The Balaban J connectivity index is 1.84. The Labute approximate surface area is 160 Å². The average Bonchev–Trinajstić information content (AvgIpc) is 3.21. The van der Waals surface area contributed by atoms with Crippen molar-refractivity contribution in [2.75, 3.05) is 5.32 Å². The van der Waals surface area contributed by atoms with E-state index in [0.29, 0.717) is 11.3 Å². The van der Waals surface area contributed by atoms with Gasteiger partial charge in [-0.1, -0.05) is 30.3 Å². The first-order valence-corrected chi connectivity index (χ1v) is 8.27. The Morgan fingerprint density at radius 3 is 2.32 bits per heavy atom. The van der Waals surface area contributed by atoms with E-state index in [0.717, 1.165) is 0 Å². The summed E-state index contributed by atoms with van der Waals surface area (Å²) in [6.45, 7) is 0. The molecular weight excluding hydrogens is 360 g/mol. The lowest BCUT2D eigenvalue weighted by molar-refractivity contribution is -0.255. The summed E-state index contributed by atoms with van der Waals surface area (Å²) in [5.74, 6) is -2.12. The highest BCUT2D eigenvalue weighted by molar-refractivity contribution is 6.10. The van der Waals surface area contributed by atoms with Crippen LogP contribution in [0.4, 0.5) is 5.69 Å². The van der Waals surface area contributed by atoms with Gasteiger partial charge in [0.05, 0.1) is 12.2 Å². The third-order valence-electron chi connectivity index (χ3n) is 3.71. The predicted octanol–water partition coefficient (Wildman–Crippen LogP) is 2.05. The van der Waals surface area contributed by atoms with Gasteiger partial charge in [-0.25, -0.2) is 0 Å². The van der Waals surface area contributed by atoms with Crippen molar-refractivity contribution in [1.82, 2.24) is 5.32 Å². The van der Waals surface area contributed by atoms with Gasteiger partial charge >= 0.3 is 0 Å². The Hall–Kier alpha value is -4.13. The molecule has 3 rings (SSSR count). The van der Waals surface area contributed by atoms with Gasteiger partial charge < -0.3 is 25.0 Å². The molecule has 0 saturated heterocycles. The minimum absolute atomic E-state index is 0.0670. The van der Waals surface area contributed by atoms with Crippen LogP contribution >= 0.6 is 0 Å². The third kappa shape index (κ3) is 4.73. The van der Waals surface area contributed by atoms with E-state index in [1.54, 1.807) is 42.5 Å². The fourth-order valence-corrected chi connectivity index (χ4v) is 2.38. The highest BCUT2D eigenvalue weighted by atomic mass is 16.4. The van der Waals surface area contributed by atoms with Gasteiger partial charge in [0.15, 0.2) is 0 Å². The Kier molecular flexibility index (Phi) is 5.66. The van der Waals surface area contributed by atoms with Crippen LogP contribution in [-0.4, -0.2) is 17.8 Å². The number of rotatable bonds is 6. The number of furan rings is 1. The van der Waals surface area contributed by atoms with E-state index in [-0.39, 0.29) is 16.9 Å². The standard InChI is InChI=1S/C21H16N2O5/c24-19(14-6-2-1-3-7-14)23-18(13-17-10-5-11-28-17)20(25)22-16-9-4-8-15(12-16)21(26)27/h1-13H,(H,22,25)(H,23,24)(H,26,27)/p-1/b18-13+. The highest BCUT2D eigenvalue weighted by Gasteiger charge is 2.15. The number of nitrogens with one attached hydrogen (secondary N) is 2. The second-order valence-corrected chi connectivity index (χ2v) is 5.72. The molecule has 0 fully saturated rings. The number of benzene rings is 2. The van der Waals surface area contributed by atoms with Crippen LogP contribution in [0.1, 0.15) is 26.5 Å². The first-order chi connectivity index (χ1) is 13.5. The van der Waals surface area contributed by atoms with Gasteiger partial charge in [0.25, 0.3) is 11.8 Å². The van der Waals surface area contributed by atoms with E-state index >= 15 is 0 Å². The van der Waals surface area contributed by atoms with Gasteiger partial charge in [-0.3, -0.25) is 9.59 Å². The molecule has 7 nitrogen and oxygen atoms in total. The summed E-state index contributed by atoms with van der Waals surface area (Å²) in [6, 6.07) is 17.3. The number of carbonyl (C=O) groups excluding carboxylic acids is 3. The van der Waals surface area contributed by atoms with Crippen LogP contribution in [0.15, 0.2) is 83.1 Å². The molecule has 2 amide bonds. The molecule has 7 heteroatoms. The number of carboxylic acid groups (broad SMARTS) is 1. The zero-order chi connectivity index (χ0) is 19.9. The summed E-state index contributed by atoms with van der Waals surface area (Å²) in [7, 11) is 0. The van der Waals surface area contributed by atoms with Crippen molar-refractivity contribution in [3.8, 4) is 0 Å². The van der Waals surface area contributed by atoms with Crippen LogP contribution < -0.4 is 15.7 Å². The number of hydrogen-bond acceptors (Lipinski definition) is 5. The van der Waals surface area contributed by atoms with Crippen LogP contribution in [0.3, 0.4) is 0 Å². The molecule has 28 heavy (non-hydrogen) atoms. The van der Waals surface area contributed by atoms with Crippen LogP contribution in [0.2, 0.25) is 0 Å². The molecule has 2 N–H and O–H groups in total. The highest BCUT2D eigenvalue weighted by Crippen LogP contribution is 2.13. The fraction of sp³-hybridized carbons (Fsp3) is 0. The molecule has 1 aromatic heterocycles. The molecule has 0 spiro atoms. The van der Waals surface area contributed by atoms with Gasteiger partial charge in [-0.2, -0.15) is 0 Å². The number of amides is 2. The first kappa shape index (κ1) is 18.7. The summed E-state index contributed by atoms with van der Waals surface area (Å²) in [6.07, 6.45) is 2.81. The van der Waals surface area contributed by atoms with E-state index in [1.807, 2.05) is 0 Å². The summed E-state index contributed by atoms with van der Waals surface area (Å²) >= 11 is 0. The number of carbonyl (C=O) groups is 3. The molecule has 0 unspecified atom stereocenters. The summed E-state index contributed by atoms with van der Waals surface area (Å²) < 4.78 is 5.21. The molecule has 3 aromatic rings. The van der Waals surface area contributed by atoms with Crippen molar-refractivity contribution in [3.63, 3.8) is 0 Å². The van der Waals surface area contributed by atoms with E-state index in [2.05, 4.69) is 10.6 Å². The van der Waals surface area contributed by atoms with Crippen molar-refractivity contribution >= 4 is 29.5 Å². The van der Waals surface area contributed by atoms with Crippen molar-refractivity contribution in [1.29, 1.82) is 0 Å². The SMILES string of the molecule is O=C(Nc1cccc(C(=O)[O-])c1)/C(=C\c1ccco1)NC(=O)c1ccccc1. The quantitative estimate of drug-likeness (QED) is 0.641. The normalized spacial score (nSPS) is 10.9. The second-order valence-electron chi connectivity index (χ2n) is 5.72. The monoisotopic (exact) mass is 375 g/mol. The maximum absolute atomic E-state index is 12.7. The number of carboxylic acids is 1. The van der Waals surface area contributed by atoms with Crippen molar-refractivity contribution in [2.45, 2.75) is 0 Å². The van der Waals surface area contributed by atoms with Gasteiger partial charge in [0.2, 0.25) is 0 Å². The van der Waals surface area contributed by atoms with Gasteiger partial charge in [0, 0.05) is 17.3 Å². The van der Waals surface area contributed by atoms with Gasteiger partial charge in [0.1, 0.15) is 11.5 Å². The van der Waals surface area contributed by atoms with E-state index in [1.165, 1.54) is 36.6 Å². The molecule has 0 atom stereocenters. The van der Waals surface area contributed by atoms with E-state index < -0.39 is 17.8 Å². The van der Waals surface area contributed by atoms with E-state index in [9.17, 15) is 19.5 Å². The minimum atomic E-state index is -1.36. The Morgan fingerprint density at radius 2 is 1.64 bits per heavy atom. The smallest absolute Gasteiger partial charge is 0.272 e. The molecule has 0 aliphatic heterocycles. The summed E-state index contributed by atoms with van der Waals surface area (Å²) in [5.41, 5.74) is 0.468. The predicted molar refractivity (Wildman–Crippen MR) is 100.0 cm³/mol. The van der Waals surface area contributed by atoms with E-state index in [4.69, 9.17) is 4.42 Å². The zero-order valence-corrected chi connectivity index (χ0v) is 14.5. The van der Waals surface area contributed by atoms with Crippen LogP contribution in [0.5, 0.6) is 0 Å². The van der Waals surface area contributed by atoms with Crippen molar-refractivity contribution < 1.29 is 23.9 Å². The lowest BCUT2D eigenvalue weighted by atomic mass is 10.2. The molecular formula is C21H15N2O5-. The minimum Gasteiger partial charge on any atom is -0.545 e. The summed E-state index contributed by atoms with van der Waals surface area (Å²) in [5, 5.41) is 16.1.